The second kappa shape index (κ2) is 15.1. The third kappa shape index (κ3) is 7.18. The lowest BCUT2D eigenvalue weighted by molar-refractivity contribution is -0.115. The number of nitrogens with zero attached hydrogens (tertiary/aromatic N) is 2. The number of ether oxygens (including phenoxy) is 2. The van der Waals surface area contributed by atoms with Gasteiger partial charge in [0.15, 0.2) is 16.7 Å². The van der Waals surface area contributed by atoms with Crippen LogP contribution >= 0.6 is 35.0 Å². The van der Waals surface area contributed by atoms with Gasteiger partial charge in [-0.2, -0.15) is 0 Å². The van der Waals surface area contributed by atoms with Crippen molar-refractivity contribution in [1.29, 1.82) is 0 Å². The van der Waals surface area contributed by atoms with E-state index in [1.54, 1.807) is 12.1 Å². The van der Waals surface area contributed by atoms with Gasteiger partial charge in [0.2, 0.25) is 0 Å². The lowest BCUT2D eigenvalue weighted by Crippen LogP contribution is -2.37. The number of aliphatic imine (C=N–C) groups is 1. The molecule has 3 aliphatic heterocycles. The van der Waals surface area contributed by atoms with Crippen molar-refractivity contribution in [3.8, 4) is 11.5 Å². The first-order chi connectivity index (χ1) is 25.4. The maximum Gasteiger partial charge on any atom is 0.264 e. The number of thioether (sulfide) groups is 1. The first kappa shape index (κ1) is 34.4. The van der Waals surface area contributed by atoms with E-state index >= 15 is 0 Å². The Morgan fingerprint density at radius 2 is 1.50 bits per heavy atom. The summed E-state index contributed by atoms with van der Waals surface area (Å²) in [6.45, 7) is 4.70. The van der Waals surface area contributed by atoms with Crippen LogP contribution in [0.2, 0.25) is 10.0 Å². The summed E-state index contributed by atoms with van der Waals surface area (Å²) in [4.78, 5) is 21.5. The number of nitrogens with one attached hydrogen (secondary N) is 1. The smallest absolute Gasteiger partial charge is 0.264 e. The normalized spacial score (nSPS) is 19.4. The Kier molecular flexibility index (Phi) is 10.00. The topological polar surface area (TPSA) is 63.2 Å². The van der Waals surface area contributed by atoms with Crippen LogP contribution in [0.3, 0.4) is 0 Å². The number of rotatable bonds is 9. The molecule has 262 valence electrons. The molecule has 3 aliphatic rings. The highest BCUT2D eigenvalue weighted by atomic mass is 35.5. The number of amidine groups is 1. The summed E-state index contributed by atoms with van der Waals surface area (Å²) < 4.78 is 12.0. The summed E-state index contributed by atoms with van der Waals surface area (Å²) in [6.07, 6.45) is 3.96. The minimum atomic E-state index is -0.186. The van der Waals surface area contributed by atoms with E-state index in [2.05, 4.69) is 83.0 Å². The summed E-state index contributed by atoms with van der Waals surface area (Å²) in [7, 11) is 0. The van der Waals surface area contributed by atoms with Gasteiger partial charge >= 0.3 is 0 Å². The Hall–Kier alpha value is -4.69. The van der Waals surface area contributed by atoms with E-state index in [1.165, 1.54) is 39.7 Å². The van der Waals surface area contributed by atoms with Crippen LogP contribution in [0.25, 0.3) is 6.08 Å². The molecule has 1 amide bonds. The molecule has 1 saturated heterocycles. The third-order valence-corrected chi connectivity index (χ3v) is 11.3. The Labute approximate surface area is 318 Å². The molecule has 3 heterocycles. The molecule has 5 aromatic carbocycles. The Morgan fingerprint density at radius 1 is 0.827 bits per heavy atom. The number of amides is 1. The fourth-order valence-electron chi connectivity index (χ4n) is 7.45. The molecule has 6 nitrogen and oxygen atoms in total. The Morgan fingerprint density at radius 3 is 2.13 bits per heavy atom. The highest BCUT2D eigenvalue weighted by Gasteiger charge is 2.35. The molecule has 0 unspecified atom stereocenters. The third-order valence-electron chi connectivity index (χ3n) is 9.85. The van der Waals surface area contributed by atoms with E-state index < -0.39 is 0 Å². The molecule has 5 aromatic rings. The summed E-state index contributed by atoms with van der Waals surface area (Å²) in [5, 5.41) is 4.68. The highest BCUT2D eigenvalue weighted by Crippen LogP contribution is 2.50. The van der Waals surface area contributed by atoms with Crippen LogP contribution < -0.4 is 19.7 Å². The van der Waals surface area contributed by atoms with Crippen molar-refractivity contribution in [3.63, 3.8) is 0 Å². The predicted molar refractivity (Wildman–Crippen MR) is 214 cm³/mol. The number of carbonyl (C=O) groups excluding carboxylic acids is 1. The largest absolute Gasteiger partial charge is 0.490 e. The SMILES string of the molecule is CCOc1cc(/C=C2\SC(=Nc3cc4c5c(c3)[C@@H](c3ccccc3)CCN5CC[C@@H]4c3ccccc3)NC2=O)ccc1OCc1ccc(Cl)cc1Cl. The van der Waals surface area contributed by atoms with Crippen LogP contribution in [0.4, 0.5) is 11.4 Å². The molecule has 1 N–H and O–H groups in total. The number of hydrogen-bond donors (Lipinski definition) is 1. The fourth-order valence-corrected chi connectivity index (χ4v) is 8.75. The molecule has 52 heavy (non-hydrogen) atoms. The molecule has 8 rings (SSSR count). The fraction of sp³-hybridized carbons (Fsp3) is 0.209. The lowest BCUT2D eigenvalue weighted by Gasteiger charge is -2.43. The summed E-state index contributed by atoms with van der Waals surface area (Å²) >= 11 is 13.8. The average molecular weight is 747 g/mol. The predicted octanol–water partition coefficient (Wildman–Crippen LogP) is 10.7. The van der Waals surface area contributed by atoms with E-state index in [0.29, 0.717) is 38.2 Å². The van der Waals surface area contributed by atoms with E-state index in [4.69, 9.17) is 37.7 Å². The van der Waals surface area contributed by atoms with Gasteiger partial charge in [-0.3, -0.25) is 4.79 Å². The van der Waals surface area contributed by atoms with Crippen molar-refractivity contribution in [2.45, 2.75) is 38.2 Å². The van der Waals surface area contributed by atoms with Crippen LogP contribution in [-0.2, 0) is 11.4 Å². The molecule has 0 spiro atoms. The van der Waals surface area contributed by atoms with Crippen LogP contribution in [-0.4, -0.2) is 30.8 Å². The number of hydrogen-bond acceptors (Lipinski definition) is 6. The van der Waals surface area contributed by atoms with Gasteiger partial charge in [-0.25, -0.2) is 4.99 Å². The number of halogens is 2. The van der Waals surface area contributed by atoms with Gasteiger partial charge in [0, 0.05) is 46.2 Å². The van der Waals surface area contributed by atoms with E-state index in [-0.39, 0.29) is 24.3 Å². The maximum absolute atomic E-state index is 13.3. The highest BCUT2D eigenvalue weighted by molar-refractivity contribution is 8.18. The number of benzene rings is 5. The first-order valence-electron chi connectivity index (χ1n) is 17.6. The zero-order valence-corrected chi connectivity index (χ0v) is 31.0. The van der Waals surface area contributed by atoms with Crippen molar-refractivity contribution < 1.29 is 14.3 Å². The van der Waals surface area contributed by atoms with Crippen molar-refractivity contribution in [2.75, 3.05) is 24.6 Å². The van der Waals surface area contributed by atoms with E-state index in [0.717, 1.165) is 42.7 Å². The first-order valence-corrected chi connectivity index (χ1v) is 19.2. The second-order valence-electron chi connectivity index (χ2n) is 13.1. The van der Waals surface area contributed by atoms with E-state index in [9.17, 15) is 4.79 Å². The second-order valence-corrected chi connectivity index (χ2v) is 15.0. The summed E-state index contributed by atoms with van der Waals surface area (Å²) in [5.74, 6) is 1.53. The Bertz CT molecular complexity index is 2120. The lowest BCUT2D eigenvalue weighted by atomic mass is 9.76. The number of carbonyl (C=O) groups is 1. The van der Waals surface area contributed by atoms with Gasteiger partial charge in [0.25, 0.3) is 5.91 Å². The van der Waals surface area contributed by atoms with Crippen molar-refractivity contribution in [3.05, 3.63) is 158 Å². The van der Waals surface area contributed by atoms with Gasteiger partial charge in [-0.15, -0.1) is 0 Å². The molecule has 9 heteroatoms. The molecule has 0 bridgehead atoms. The zero-order chi connectivity index (χ0) is 35.6. The van der Waals surface area contributed by atoms with Crippen LogP contribution in [0.1, 0.15) is 65.0 Å². The summed E-state index contributed by atoms with van der Waals surface area (Å²) in [5.41, 5.74) is 9.09. The quantitative estimate of drug-likeness (QED) is 0.152. The van der Waals surface area contributed by atoms with Gasteiger partial charge in [0.1, 0.15) is 6.61 Å². The minimum Gasteiger partial charge on any atom is -0.490 e. The zero-order valence-electron chi connectivity index (χ0n) is 28.7. The van der Waals surface area contributed by atoms with Crippen LogP contribution in [0.5, 0.6) is 11.5 Å². The molecule has 0 saturated carbocycles. The molecular formula is C43H37Cl2N3O3S. The van der Waals surface area contributed by atoms with Gasteiger partial charge in [-0.05, 0) is 102 Å². The van der Waals surface area contributed by atoms with E-state index in [1.807, 2.05) is 37.3 Å². The van der Waals surface area contributed by atoms with Crippen molar-refractivity contribution >= 4 is 63.5 Å². The number of anilines is 1. The van der Waals surface area contributed by atoms with Crippen LogP contribution in [0.15, 0.2) is 119 Å². The minimum absolute atomic E-state index is 0.186. The van der Waals surface area contributed by atoms with Crippen molar-refractivity contribution in [1.82, 2.24) is 5.32 Å². The molecular weight excluding hydrogens is 709 g/mol. The monoisotopic (exact) mass is 745 g/mol. The molecule has 2 atom stereocenters. The van der Waals surface area contributed by atoms with Crippen molar-refractivity contribution in [2.24, 2.45) is 4.99 Å². The average Bonchev–Trinajstić information content (AvgIpc) is 3.50. The molecule has 0 radical (unpaired) electrons. The van der Waals surface area contributed by atoms with Gasteiger partial charge in [-0.1, -0.05) is 96.0 Å². The van der Waals surface area contributed by atoms with Gasteiger partial charge in [0.05, 0.1) is 17.2 Å². The molecule has 0 aromatic heterocycles. The molecule has 0 aliphatic carbocycles. The van der Waals surface area contributed by atoms with Crippen LogP contribution in [0, 0.1) is 0 Å². The maximum atomic E-state index is 13.3. The molecule has 1 fully saturated rings. The van der Waals surface area contributed by atoms with Gasteiger partial charge < -0.3 is 19.7 Å². The Balaban J connectivity index is 1.09. The standard InChI is InChI=1S/C43H37Cl2N3O3S/c1-2-50-39-21-27(13-16-38(39)51-26-30-14-15-31(44)23-37(30)45)22-40-42(49)47-43(52-40)46-32-24-35-33(28-9-5-3-6-10-28)17-19-48-20-18-34(36(25-32)41(35)48)29-11-7-4-8-12-29/h3-16,21-25,33-34H,2,17-20,26H2,1H3,(H,46,47,49)/b40-22-/t33-,34-/m1/s1. The summed E-state index contributed by atoms with van der Waals surface area (Å²) in [6, 6.07) is 37.0.